The lowest BCUT2D eigenvalue weighted by atomic mass is 10.1. The van der Waals surface area contributed by atoms with E-state index in [-0.39, 0.29) is 12.7 Å². The maximum Gasteiger partial charge on any atom is 0.278 e. The molecule has 0 aromatic carbocycles. The van der Waals surface area contributed by atoms with Gasteiger partial charge in [-0.2, -0.15) is 0 Å². The van der Waals surface area contributed by atoms with Crippen LogP contribution in [0.4, 0.5) is 4.79 Å². The lowest BCUT2D eigenvalue weighted by molar-refractivity contribution is 0.212. The van der Waals surface area contributed by atoms with Gasteiger partial charge in [-0.1, -0.05) is 20.1 Å². The zero-order valence-electron chi connectivity index (χ0n) is 5.34. The van der Waals surface area contributed by atoms with Crippen LogP contribution in [0.3, 0.4) is 0 Å². The fraction of sp³-hybridized carbons (Fsp3) is 0.857. The van der Waals surface area contributed by atoms with Crippen LogP contribution in [0.2, 0.25) is 0 Å². The van der Waals surface area contributed by atoms with Crippen molar-refractivity contribution in [2.75, 3.05) is 13.1 Å². The predicted octanol–water partition coefficient (Wildman–Crippen LogP) is 2.16. The standard InChI is InChI=1S/C6H11NOS.CH4/c8-6(9)7-4-2-1-3-5-7;/h1-5H2,(H,8,9);1H4. The average Bonchev–Trinajstić information content (AvgIpc) is 1.90. The van der Waals surface area contributed by atoms with Crippen LogP contribution < -0.4 is 0 Å². The molecule has 1 amide bonds. The Balaban J connectivity index is 0.000000810. The second kappa shape index (κ2) is 4.61. The summed E-state index contributed by atoms with van der Waals surface area (Å²) < 4.78 is 0. The van der Waals surface area contributed by atoms with Gasteiger partial charge in [0, 0.05) is 13.1 Å². The molecule has 1 saturated heterocycles. The molecule has 0 saturated carbocycles. The van der Waals surface area contributed by atoms with Crippen LogP contribution >= 0.6 is 12.6 Å². The van der Waals surface area contributed by atoms with Gasteiger partial charge in [0.1, 0.15) is 0 Å². The lowest BCUT2D eigenvalue weighted by Gasteiger charge is -2.24. The van der Waals surface area contributed by atoms with Gasteiger partial charge >= 0.3 is 0 Å². The largest absolute Gasteiger partial charge is 0.334 e. The topological polar surface area (TPSA) is 20.3 Å². The molecule has 0 N–H and O–H groups in total. The minimum Gasteiger partial charge on any atom is -0.334 e. The highest BCUT2D eigenvalue weighted by Gasteiger charge is 2.11. The molecule has 0 aromatic heterocycles. The molecule has 0 bridgehead atoms. The Morgan fingerprint density at radius 2 is 1.70 bits per heavy atom. The van der Waals surface area contributed by atoms with Crippen LogP contribution in [0.15, 0.2) is 0 Å². The van der Waals surface area contributed by atoms with Crippen LogP contribution in [-0.4, -0.2) is 23.2 Å². The molecule has 3 heteroatoms. The van der Waals surface area contributed by atoms with Crippen molar-refractivity contribution in [3.05, 3.63) is 0 Å². The maximum atomic E-state index is 10.6. The third-order valence-electron chi connectivity index (χ3n) is 1.63. The van der Waals surface area contributed by atoms with E-state index in [4.69, 9.17) is 0 Å². The number of rotatable bonds is 0. The van der Waals surface area contributed by atoms with Gasteiger partial charge in [0.25, 0.3) is 5.24 Å². The number of likely N-dealkylation sites (tertiary alicyclic amines) is 1. The summed E-state index contributed by atoms with van der Waals surface area (Å²) in [6.45, 7) is 1.81. The molecule has 1 aliphatic rings. The van der Waals surface area contributed by atoms with E-state index in [0.29, 0.717) is 0 Å². The van der Waals surface area contributed by atoms with E-state index in [1.54, 1.807) is 4.90 Å². The summed E-state index contributed by atoms with van der Waals surface area (Å²) in [6, 6.07) is 0. The van der Waals surface area contributed by atoms with Crippen LogP contribution in [0.1, 0.15) is 26.7 Å². The Kier molecular flexibility index (Phi) is 4.52. The molecule has 60 valence electrons. The molecule has 1 fully saturated rings. The number of nitrogens with zero attached hydrogens (tertiary/aromatic N) is 1. The molecule has 1 rings (SSSR count). The first-order valence-electron chi connectivity index (χ1n) is 3.28. The van der Waals surface area contributed by atoms with Gasteiger partial charge < -0.3 is 4.90 Å². The first-order valence-corrected chi connectivity index (χ1v) is 3.73. The van der Waals surface area contributed by atoms with E-state index < -0.39 is 0 Å². The van der Waals surface area contributed by atoms with Gasteiger partial charge in [-0.05, 0) is 19.3 Å². The third kappa shape index (κ3) is 2.60. The highest BCUT2D eigenvalue weighted by molar-refractivity contribution is 7.96. The van der Waals surface area contributed by atoms with Gasteiger partial charge in [0.05, 0.1) is 0 Å². The summed E-state index contributed by atoms with van der Waals surface area (Å²) in [4.78, 5) is 12.4. The van der Waals surface area contributed by atoms with Gasteiger partial charge in [0.15, 0.2) is 0 Å². The molecule has 1 aliphatic heterocycles. The van der Waals surface area contributed by atoms with Crippen LogP contribution in [0, 0.1) is 0 Å². The van der Waals surface area contributed by atoms with Gasteiger partial charge in [0.2, 0.25) is 0 Å². The Hall–Kier alpha value is -0.180. The fourth-order valence-corrected chi connectivity index (χ4v) is 1.29. The van der Waals surface area contributed by atoms with Crippen molar-refractivity contribution in [3.63, 3.8) is 0 Å². The first kappa shape index (κ1) is 9.82. The SMILES string of the molecule is C.O=C(S)N1CCCCC1. The maximum absolute atomic E-state index is 10.6. The molecule has 10 heavy (non-hydrogen) atoms. The van der Waals surface area contributed by atoms with Crippen molar-refractivity contribution in [1.29, 1.82) is 0 Å². The van der Waals surface area contributed by atoms with E-state index in [9.17, 15) is 4.79 Å². The monoisotopic (exact) mass is 161 g/mol. The first-order chi connectivity index (χ1) is 4.30. The fourth-order valence-electron chi connectivity index (χ4n) is 1.09. The molecular weight excluding hydrogens is 146 g/mol. The van der Waals surface area contributed by atoms with Crippen molar-refractivity contribution in [2.45, 2.75) is 26.7 Å². The quantitative estimate of drug-likeness (QED) is 0.540. The number of carbonyl (C=O) groups is 1. The van der Waals surface area contributed by atoms with E-state index in [0.717, 1.165) is 25.9 Å². The second-order valence-corrected chi connectivity index (χ2v) is 2.71. The van der Waals surface area contributed by atoms with E-state index in [1.165, 1.54) is 6.42 Å². The third-order valence-corrected chi connectivity index (χ3v) is 1.91. The zero-order valence-corrected chi connectivity index (χ0v) is 6.23. The van der Waals surface area contributed by atoms with Crippen molar-refractivity contribution < 1.29 is 4.79 Å². The van der Waals surface area contributed by atoms with Gasteiger partial charge in [-0.15, -0.1) is 0 Å². The van der Waals surface area contributed by atoms with Crippen LogP contribution in [0.5, 0.6) is 0 Å². The van der Waals surface area contributed by atoms with Gasteiger partial charge in [-0.3, -0.25) is 4.79 Å². The summed E-state index contributed by atoms with van der Waals surface area (Å²) in [6.07, 6.45) is 3.55. The smallest absolute Gasteiger partial charge is 0.278 e. The Morgan fingerprint density at radius 3 is 2.00 bits per heavy atom. The molecule has 0 aliphatic carbocycles. The van der Waals surface area contributed by atoms with Crippen molar-refractivity contribution >= 4 is 17.9 Å². The zero-order chi connectivity index (χ0) is 6.69. The number of hydrogen-bond acceptors (Lipinski definition) is 1. The highest BCUT2D eigenvalue weighted by Crippen LogP contribution is 2.09. The number of thiol groups is 1. The highest BCUT2D eigenvalue weighted by atomic mass is 32.1. The summed E-state index contributed by atoms with van der Waals surface area (Å²) in [5.74, 6) is 0. The second-order valence-electron chi connectivity index (χ2n) is 2.33. The number of piperidine rings is 1. The molecular formula is C7H15NOS. The molecule has 0 radical (unpaired) electrons. The van der Waals surface area contributed by atoms with Crippen molar-refractivity contribution in [3.8, 4) is 0 Å². The molecule has 0 spiro atoms. The summed E-state index contributed by atoms with van der Waals surface area (Å²) in [7, 11) is 0. The number of hydrogen-bond donors (Lipinski definition) is 1. The molecule has 0 aromatic rings. The summed E-state index contributed by atoms with van der Waals surface area (Å²) in [5.41, 5.74) is 0. The molecule has 0 atom stereocenters. The van der Waals surface area contributed by atoms with Gasteiger partial charge in [-0.25, -0.2) is 0 Å². The van der Waals surface area contributed by atoms with Crippen LogP contribution in [0.25, 0.3) is 0 Å². The Morgan fingerprint density at radius 1 is 1.20 bits per heavy atom. The summed E-state index contributed by atoms with van der Waals surface area (Å²) in [5, 5.41) is -0.0744. The Labute approximate surface area is 68.0 Å². The normalized spacial score (nSPS) is 17.9. The molecule has 0 unspecified atom stereocenters. The van der Waals surface area contributed by atoms with Crippen molar-refractivity contribution in [1.82, 2.24) is 4.90 Å². The minimum absolute atomic E-state index is 0. The van der Waals surface area contributed by atoms with E-state index in [1.807, 2.05) is 0 Å². The average molecular weight is 161 g/mol. The molecule has 2 nitrogen and oxygen atoms in total. The summed E-state index contributed by atoms with van der Waals surface area (Å²) >= 11 is 3.73. The van der Waals surface area contributed by atoms with E-state index >= 15 is 0 Å². The molecule has 1 heterocycles. The van der Waals surface area contributed by atoms with Crippen LogP contribution in [-0.2, 0) is 0 Å². The van der Waals surface area contributed by atoms with E-state index in [2.05, 4.69) is 12.6 Å². The van der Waals surface area contributed by atoms with Crippen molar-refractivity contribution in [2.24, 2.45) is 0 Å². The minimum atomic E-state index is -0.0744. The predicted molar refractivity (Wildman–Crippen MR) is 46.5 cm³/mol. The Bertz CT molecular complexity index is 110. The lowest BCUT2D eigenvalue weighted by Crippen LogP contribution is -2.31. The number of amides is 1. The number of carbonyl (C=O) groups excluding carboxylic acids is 1.